The second-order valence-electron chi connectivity index (χ2n) is 4.38. The van der Waals surface area contributed by atoms with E-state index in [1.54, 1.807) is 0 Å². The van der Waals surface area contributed by atoms with Crippen LogP contribution in [0, 0.1) is 11.3 Å². The van der Waals surface area contributed by atoms with Crippen molar-refractivity contribution >= 4 is 0 Å². The van der Waals surface area contributed by atoms with Crippen LogP contribution in [-0.4, -0.2) is 13.6 Å². The third-order valence-electron chi connectivity index (χ3n) is 2.94. The maximum absolute atomic E-state index is 3.22. The minimum atomic E-state index is 0.468. The molecule has 0 heterocycles. The first-order valence-corrected chi connectivity index (χ1v) is 5.00. The van der Waals surface area contributed by atoms with Crippen molar-refractivity contribution < 1.29 is 0 Å². The number of allylic oxidation sites excluding steroid dienone is 2. The van der Waals surface area contributed by atoms with Crippen LogP contribution < -0.4 is 5.32 Å². The highest BCUT2D eigenvalue weighted by Gasteiger charge is 2.23. The molecular formula is C11H21N. The van der Waals surface area contributed by atoms with Gasteiger partial charge in [0.05, 0.1) is 0 Å². The molecule has 1 rings (SSSR count). The molecule has 1 unspecified atom stereocenters. The molecule has 0 saturated heterocycles. The van der Waals surface area contributed by atoms with Crippen LogP contribution in [0.1, 0.15) is 33.1 Å². The van der Waals surface area contributed by atoms with E-state index < -0.39 is 0 Å². The highest BCUT2D eigenvalue weighted by atomic mass is 14.8. The number of rotatable bonds is 3. The highest BCUT2D eigenvalue weighted by Crippen LogP contribution is 2.35. The Kier molecular flexibility index (Phi) is 3.33. The third kappa shape index (κ3) is 2.63. The molecule has 0 amide bonds. The largest absolute Gasteiger partial charge is 0.320 e. The van der Waals surface area contributed by atoms with E-state index in [9.17, 15) is 0 Å². The van der Waals surface area contributed by atoms with Crippen molar-refractivity contribution in [2.24, 2.45) is 11.3 Å². The Hall–Kier alpha value is -0.300. The first kappa shape index (κ1) is 9.79. The fourth-order valence-electron chi connectivity index (χ4n) is 1.75. The normalized spacial score (nSPS) is 35.4. The third-order valence-corrected chi connectivity index (χ3v) is 2.94. The van der Waals surface area contributed by atoms with Crippen molar-refractivity contribution in [3.8, 4) is 0 Å². The molecule has 0 aromatic rings. The molecule has 12 heavy (non-hydrogen) atoms. The molecule has 0 aliphatic heterocycles. The Morgan fingerprint density at radius 3 is 2.83 bits per heavy atom. The Morgan fingerprint density at radius 2 is 2.33 bits per heavy atom. The molecule has 1 N–H and O–H groups in total. The summed E-state index contributed by atoms with van der Waals surface area (Å²) in [5, 5.41) is 3.22. The molecule has 0 saturated carbocycles. The molecule has 0 aromatic carbocycles. The Morgan fingerprint density at radius 1 is 1.58 bits per heavy atom. The van der Waals surface area contributed by atoms with E-state index in [-0.39, 0.29) is 0 Å². The second-order valence-corrected chi connectivity index (χ2v) is 4.38. The van der Waals surface area contributed by atoms with Crippen LogP contribution in [0.4, 0.5) is 0 Å². The van der Waals surface area contributed by atoms with Crippen LogP contribution in [0.2, 0.25) is 0 Å². The molecule has 0 radical (unpaired) electrons. The van der Waals surface area contributed by atoms with Gasteiger partial charge in [0, 0.05) is 0 Å². The van der Waals surface area contributed by atoms with Crippen molar-refractivity contribution in [3.63, 3.8) is 0 Å². The van der Waals surface area contributed by atoms with E-state index in [1.165, 1.54) is 19.3 Å². The van der Waals surface area contributed by atoms with Gasteiger partial charge in [0.25, 0.3) is 0 Å². The summed E-state index contributed by atoms with van der Waals surface area (Å²) in [6.07, 6.45) is 8.77. The van der Waals surface area contributed by atoms with Gasteiger partial charge in [0.2, 0.25) is 0 Å². The first-order valence-electron chi connectivity index (χ1n) is 5.00. The van der Waals surface area contributed by atoms with Gasteiger partial charge in [-0.2, -0.15) is 0 Å². The Labute approximate surface area is 76.2 Å². The van der Waals surface area contributed by atoms with Crippen molar-refractivity contribution in [3.05, 3.63) is 12.2 Å². The summed E-state index contributed by atoms with van der Waals surface area (Å²) in [4.78, 5) is 0. The molecule has 0 spiro atoms. The fourth-order valence-corrected chi connectivity index (χ4v) is 1.75. The molecule has 0 aromatic heterocycles. The van der Waals surface area contributed by atoms with Crippen LogP contribution in [0.5, 0.6) is 0 Å². The van der Waals surface area contributed by atoms with Gasteiger partial charge in [-0.05, 0) is 44.2 Å². The standard InChI is InChI=1S/C11H21N/c1-10-4-6-11(2,7-5-10)8-9-12-3/h4,6,10,12H,5,7-9H2,1-3H3/t10-,11?/m1/s1. The van der Waals surface area contributed by atoms with E-state index in [0.29, 0.717) is 5.41 Å². The van der Waals surface area contributed by atoms with Crippen LogP contribution >= 0.6 is 0 Å². The second kappa shape index (κ2) is 4.08. The van der Waals surface area contributed by atoms with Gasteiger partial charge in [-0.3, -0.25) is 0 Å². The summed E-state index contributed by atoms with van der Waals surface area (Å²) in [7, 11) is 2.03. The SMILES string of the molecule is CNCCC1(C)C=C[C@@H](C)CC1. The van der Waals surface area contributed by atoms with Crippen LogP contribution in [0.3, 0.4) is 0 Å². The van der Waals surface area contributed by atoms with Gasteiger partial charge in [-0.15, -0.1) is 0 Å². The zero-order valence-corrected chi connectivity index (χ0v) is 8.56. The van der Waals surface area contributed by atoms with Crippen LogP contribution in [0.25, 0.3) is 0 Å². The van der Waals surface area contributed by atoms with Gasteiger partial charge in [0.15, 0.2) is 0 Å². The maximum atomic E-state index is 3.22. The lowest BCUT2D eigenvalue weighted by Crippen LogP contribution is -2.23. The fraction of sp³-hybridized carbons (Fsp3) is 0.818. The van der Waals surface area contributed by atoms with E-state index in [1.807, 2.05) is 7.05 Å². The molecular weight excluding hydrogens is 146 g/mol. The lowest BCUT2D eigenvalue weighted by molar-refractivity contribution is 0.311. The van der Waals surface area contributed by atoms with Gasteiger partial charge < -0.3 is 5.32 Å². The van der Waals surface area contributed by atoms with Gasteiger partial charge in [0.1, 0.15) is 0 Å². The minimum Gasteiger partial charge on any atom is -0.320 e. The van der Waals surface area contributed by atoms with E-state index in [2.05, 4.69) is 31.3 Å². The quantitative estimate of drug-likeness (QED) is 0.637. The summed E-state index contributed by atoms with van der Waals surface area (Å²) in [5.74, 6) is 0.799. The molecule has 1 aliphatic carbocycles. The predicted octanol–water partition coefficient (Wildman–Crippen LogP) is 2.59. The summed E-state index contributed by atoms with van der Waals surface area (Å²) in [6, 6.07) is 0. The van der Waals surface area contributed by atoms with Crippen molar-refractivity contribution in [2.45, 2.75) is 33.1 Å². The molecule has 0 fully saturated rings. The van der Waals surface area contributed by atoms with Crippen molar-refractivity contribution in [2.75, 3.05) is 13.6 Å². The van der Waals surface area contributed by atoms with E-state index in [4.69, 9.17) is 0 Å². The van der Waals surface area contributed by atoms with E-state index in [0.717, 1.165) is 12.5 Å². The predicted molar refractivity (Wildman–Crippen MR) is 54.2 cm³/mol. The van der Waals surface area contributed by atoms with Crippen LogP contribution in [0.15, 0.2) is 12.2 Å². The topological polar surface area (TPSA) is 12.0 Å². The highest BCUT2D eigenvalue weighted by molar-refractivity contribution is 5.03. The zero-order valence-electron chi connectivity index (χ0n) is 8.56. The molecule has 70 valence electrons. The molecule has 1 nitrogen and oxygen atoms in total. The Balaban J connectivity index is 2.43. The Bertz CT molecular complexity index is 162. The number of hydrogen-bond acceptors (Lipinski definition) is 1. The lowest BCUT2D eigenvalue weighted by Gasteiger charge is -2.31. The molecule has 2 atom stereocenters. The summed E-state index contributed by atoms with van der Waals surface area (Å²) in [5.41, 5.74) is 0.468. The van der Waals surface area contributed by atoms with Gasteiger partial charge >= 0.3 is 0 Å². The monoisotopic (exact) mass is 167 g/mol. The average molecular weight is 167 g/mol. The van der Waals surface area contributed by atoms with Gasteiger partial charge in [-0.25, -0.2) is 0 Å². The van der Waals surface area contributed by atoms with Crippen molar-refractivity contribution in [1.82, 2.24) is 5.32 Å². The zero-order chi connectivity index (χ0) is 9.03. The van der Waals surface area contributed by atoms with Crippen LogP contribution in [-0.2, 0) is 0 Å². The van der Waals surface area contributed by atoms with E-state index >= 15 is 0 Å². The summed E-state index contributed by atoms with van der Waals surface area (Å²) < 4.78 is 0. The molecule has 1 aliphatic rings. The average Bonchev–Trinajstić information content (AvgIpc) is 2.08. The summed E-state index contributed by atoms with van der Waals surface area (Å²) in [6.45, 7) is 5.80. The lowest BCUT2D eigenvalue weighted by atomic mass is 9.75. The number of hydrogen-bond donors (Lipinski definition) is 1. The smallest absolute Gasteiger partial charge is 0.00437 e. The molecule has 0 bridgehead atoms. The summed E-state index contributed by atoms with van der Waals surface area (Å²) >= 11 is 0. The maximum Gasteiger partial charge on any atom is -0.00437 e. The van der Waals surface area contributed by atoms with Crippen molar-refractivity contribution in [1.29, 1.82) is 0 Å². The minimum absolute atomic E-state index is 0.468. The number of nitrogens with one attached hydrogen (secondary N) is 1. The first-order chi connectivity index (χ1) is 5.66. The molecule has 1 heteroatoms. The van der Waals surface area contributed by atoms with Gasteiger partial charge in [-0.1, -0.05) is 26.0 Å².